The molecule has 0 fully saturated rings. The quantitative estimate of drug-likeness (QED) is 0.823. The number of hydrogen-bond donors (Lipinski definition) is 1. The van der Waals surface area contributed by atoms with Crippen molar-refractivity contribution < 1.29 is 4.74 Å². The minimum atomic E-state index is 0.0320. The van der Waals surface area contributed by atoms with E-state index < -0.39 is 0 Å². The minimum absolute atomic E-state index is 0.0320. The van der Waals surface area contributed by atoms with E-state index in [0.717, 1.165) is 17.4 Å². The summed E-state index contributed by atoms with van der Waals surface area (Å²) in [6.45, 7) is 5.45. The second kappa shape index (κ2) is 5.44. The summed E-state index contributed by atoms with van der Waals surface area (Å²) in [5.74, 6) is 0. The van der Waals surface area contributed by atoms with E-state index in [4.69, 9.17) is 10.5 Å². The van der Waals surface area contributed by atoms with Crippen molar-refractivity contribution in [2.45, 2.75) is 19.9 Å². The zero-order valence-electron chi connectivity index (χ0n) is 9.78. The standard InChI is InChI=1S/C10H19N3OS/c1-7-8(2)15-10(12-7)13(3)5-9(11)6-14-4/h9H,5-6,11H2,1-4H3. The van der Waals surface area contributed by atoms with Crippen LogP contribution in [0.15, 0.2) is 0 Å². The number of aromatic nitrogens is 1. The monoisotopic (exact) mass is 229 g/mol. The van der Waals surface area contributed by atoms with Crippen LogP contribution in [0.25, 0.3) is 0 Å². The van der Waals surface area contributed by atoms with E-state index in [1.165, 1.54) is 4.88 Å². The van der Waals surface area contributed by atoms with Crippen molar-refractivity contribution in [1.82, 2.24) is 4.98 Å². The number of thiazole rings is 1. The second-order valence-electron chi connectivity index (χ2n) is 3.73. The molecule has 0 saturated heterocycles. The number of aryl methyl sites for hydroxylation is 2. The smallest absolute Gasteiger partial charge is 0.185 e. The Kier molecular flexibility index (Phi) is 4.50. The zero-order chi connectivity index (χ0) is 11.4. The van der Waals surface area contributed by atoms with Crippen LogP contribution < -0.4 is 10.6 Å². The number of likely N-dealkylation sites (N-methyl/N-ethyl adjacent to an activating group) is 1. The molecule has 0 radical (unpaired) electrons. The molecule has 4 nitrogen and oxygen atoms in total. The third kappa shape index (κ3) is 3.44. The number of nitrogens with two attached hydrogens (primary N) is 1. The van der Waals surface area contributed by atoms with Gasteiger partial charge in [0.05, 0.1) is 12.3 Å². The van der Waals surface area contributed by atoms with E-state index in [2.05, 4.69) is 16.8 Å². The van der Waals surface area contributed by atoms with Crippen LogP contribution in [0.3, 0.4) is 0 Å². The molecule has 1 unspecified atom stereocenters. The maximum Gasteiger partial charge on any atom is 0.185 e. The maximum absolute atomic E-state index is 5.88. The van der Waals surface area contributed by atoms with Gasteiger partial charge >= 0.3 is 0 Å². The van der Waals surface area contributed by atoms with Crippen molar-refractivity contribution in [3.63, 3.8) is 0 Å². The fourth-order valence-corrected chi connectivity index (χ4v) is 2.20. The van der Waals surface area contributed by atoms with E-state index in [9.17, 15) is 0 Å². The Bertz CT molecular complexity index is 294. The molecule has 0 saturated carbocycles. The van der Waals surface area contributed by atoms with Gasteiger partial charge in [0.25, 0.3) is 0 Å². The van der Waals surface area contributed by atoms with Crippen molar-refractivity contribution in [3.05, 3.63) is 10.6 Å². The lowest BCUT2D eigenvalue weighted by Gasteiger charge is -2.20. The van der Waals surface area contributed by atoms with E-state index in [1.54, 1.807) is 18.4 Å². The van der Waals surface area contributed by atoms with Gasteiger partial charge in [-0.1, -0.05) is 0 Å². The summed E-state index contributed by atoms with van der Waals surface area (Å²) in [5.41, 5.74) is 6.98. The fourth-order valence-electron chi connectivity index (χ4n) is 1.32. The molecule has 1 aromatic rings. The average Bonchev–Trinajstić information content (AvgIpc) is 2.47. The van der Waals surface area contributed by atoms with E-state index in [-0.39, 0.29) is 6.04 Å². The van der Waals surface area contributed by atoms with Crippen LogP contribution in [0.4, 0.5) is 5.13 Å². The van der Waals surface area contributed by atoms with Gasteiger partial charge < -0.3 is 15.4 Å². The maximum atomic E-state index is 5.88. The molecule has 0 amide bonds. The van der Waals surface area contributed by atoms with Gasteiger partial charge in [0, 0.05) is 31.6 Å². The van der Waals surface area contributed by atoms with E-state index in [1.807, 2.05) is 14.0 Å². The van der Waals surface area contributed by atoms with Gasteiger partial charge in [-0.2, -0.15) is 0 Å². The Labute approximate surface area is 95.1 Å². The van der Waals surface area contributed by atoms with Crippen LogP contribution in [-0.4, -0.2) is 38.3 Å². The lowest BCUT2D eigenvalue weighted by Crippen LogP contribution is -2.38. The molecule has 0 aliphatic carbocycles. The molecule has 86 valence electrons. The number of hydrogen-bond acceptors (Lipinski definition) is 5. The second-order valence-corrected chi connectivity index (χ2v) is 4.92. The predicted molar refractivity (Wildman–Crippen MR) is 64.7 cm³/mol. The summed E-state index contributed by atoms with van der Waals surface area (Å²) in [4.78, 5) is 7.81. The summed E-state index contributed by atoms with van der Waals surface area (Å²) < 4.78 is 5.00. The van der Waals surface area contributed by atoms with Gasteiger partial charge in [0.15, 0.2) is 5.13 Å². The van der Waals surface area contributed by atoms with Crippen LogP contribution >= 0.6 is 11.3 Å². The predicted octanol–water partition coefficient (Wildman–Crippen LogP) is 1.17. The minimum Gasteiger partial charge on any atom is -0.383 e. The SMILES string of the molecule is COCC(N)CN(C)c1nc(C)c(C)s1. The normalized spacial score (nSPS) is 12.9. The average molecular weight is 229 g/mol. The highest BCUT2D eigenvalue weighted by Crippen LogP contribution is 2.23. The molecule has 0 aliphatic heterocycles. The van der Waals surface area contributed by atoms with Crippen molar-refractivity contribution >= 4 is 16.5 Å². The molecule has 0 aromatic carbocycles. The van der Waals surface area contributed by atoms with E-state index in [0.29, 0.717) is 6.61 Å². The molecule has 1 rings (SSSR count). The molecule has 0 spiro atoms. The third-order valence-electron chi connectivity index (χ3n) is 2.23. The van der Waals surface area contributed by atoms with Gasteiger partial charge in [0.1, 0.15) is 0 Å². The molecule has 1 aromatic heterocycles. The molecule has 0 aliphatic rings. The Morgan fingerprint density at radius 2 is 2.20 bits per heavy atom. The van der Waals surface area contributed by atoms with Crippen LogP contribution in [0.2, 0.25) is 0 Å². The molecule has 1 atom stereocenters. The fraction of sp³-hybridized carbons (Fsp3) is 0.700. The first-order valence-corrected chi connectivity index (χ1v) is 5.76. The molecule has 2 N–H and O–H groups in total. The number of nitrogens with zero attached hydrogens (tertiary/aromatic N) is 2. The number of rotatable bonds is 5. The first kappa shape index (κ1) is 12.4. The summed E-state index contributed by atoms with van der Waals surface area (Å²) in [5, 5.41) is 1.02. The number of anilines is 1. The van der Waals surface area contributed by atoms with Gasteiger partial charge in [-0.25, -0.2) is 4.98 Å². The number of methoxy groups -OCH3 is 1. The molecular formula is C10H19N3OS. The summed E-state index contributed by atoms with van der Waals surface area (Å²) in [6.07, 6.45) is 0. The lowest BCUT2D eigenvalue weighted by molar-refractivity contribution is 0.181. The first-order valence-electron chi connectivity index (χ1n) is 4.94. The van der Waals surface area contributed by atoms with Crippen molar-refractivity contribution in [3.8, 4) is 0 Å². The number of ether oxygens (including phenoxy) is 1. The Morgan fingerprint density at radius 1 is 1.53 bits per heavy atom. The topological polar surface area (TPSA) is 51.4 Å². The van der Waals surface area contributed by atoms with Crippen molar-refractivity contribution in [1.29, 1.82) is 0 Å². The first-order chi connectivity index (χ1) is 7.04. The molecule has 1 heterocycles. The zero-order valence-corrected chi connectivity index (χ0v) is 10.6. The Morgan fingerprint density at radius 3 is 2.67 bits per heavy atom. The van der Waals surface area contributed by atoms with Gasteiger partial charge in [-0.15, -0.1) is 11.3 Å². The third-order valence-corrected chi connectivity index (χ3v) is 3.42. The van der Waals surface area contributed by atoms with Gasteiger partial charge in [-0.05, 0) is 13.8 Å². The van der Waals surface area contributed by atoms with E-state index >= 15 is 0 Å². The highest BCUT2D eigenvalue weighted by Gasteiger charge is 2.11. The van der Waals surface area contributed by atoms with Gasteiger partial charge in [0.2, 0.25) is 0 Å². The van der Waals surface area contributed by atoms with Crippen LogP contribution in [-0.2, 0) is 4.74 Å². The summed E-state index contributed by atoms with van der Waals surface area (Å²) in [7, 11) is 3.67. The molecular weight excluding hydrogens is 210 g/mol. The van der Waals surface area contributed by atoms with Crippen LogP contribution in [0.5, 0.6) is 0 Å². The largest absolute Gasteiger partial charge is 0.383 e. The summed E-state index contributed by atoms with van der Waals surface area (Å²) >= 11 is 1.70. The van der Waals surface area contributed by atoms with Gasteiger partial charge in [-0.3, -0.25) is 0 Å². The highest BCUT2D eigenvalue weighted by molar-refractivity contribution is 7.15. The lowest BCUT2D eigenvalue weighted by atomic mass is 10.3. The van der Waals surface area contributed by atoms with Crippen LogP contribution in [0.1, 0.15) is 10.6 Å². The molecule has 5 heteroatoms. The summed E-state index contributed by atoms with van der Waals surface area (Å²) in [6, 6.07) is 0.0320. The Hall–Kier alpha value is -0.650. The van der Waals surface area contributed by atoms with Crippen molar-refractivity contribution in [2.75, 3.05) is 32.2 Å². The highest BCUT2D eigenvalue weighted by atomic mass is 32.1. The molecule has 15 heavy (non-hydrogen) atoms. The molecule has 0 bridgehead atoms. The van der Waals surface area contributed by atoms with Crippen LogP contribution in [0, 0.1) is 13.8 Å². The Balaban J connectivity index is 2.56. The van der Waals surface area contributed by atoms with Crippen molar-refractivity contribution in [2.24, 2.45) is 5.73 Å².